The quantitative estimate of drug-likeness (QED) is 0.571. The second-order valence-electron chi connectivity index (χ2n) is 5.01. The third-order valence-electron chi connectivity index (χ3n) is 3.06. The molecule has 0 saturated carbocycles. The molecule has 0 bridgehead atoms. The van der Waals surface area contributed by atoms with Gasteiger partial charge in [0, 0.05) is 37.7 Å². The summed E-state index contributed by atoms with van der Waals surface area (Å²) in [5, 5.41) is 25.2. The van der Waals surface area contributed by atoms with Crippen molar-refractivity contribution in [3.63, 3.8) is 0 Å². The van der Waals surface area contributed by atoms with Crippen molar-refractivity contribution in [2.75, 3.05) is 0 Å². The molecule has 0 fully saturated rings. The van der Waals surface area contributed by atoms with Crippen molar-refractivity contribution >= 4 is 55.6 Å². The van der Waals surface area contributed by atoms with Crippen LogP contribution < -0.4 is 0 Å². The van der Waals surface area contributed by atoms with Crippen LogP contribution in [0, 0.1) is 0 Å². The summed E-state index contributed by atoms with van der Waals surface area (Å²) in [4.78, 5) is 30.6. The first kappa shape index (κ1) is 25.3. The maximum absolute atomic E-state index is 10.2. The van der Waals surface area contributed by atoms with Crippen molar-refractivity contribution in [2.24, 2.45) is 0 Å². The first-order chi connectivity index (χ1) is 12.9. The standard InChI is InChI=1S/3C7H6O2.Ca/c3*8-7(9)6-4-2-1-3-5-6;/h3*1-5H,(H,8,9);. The molecule has 7 heteroatoms. The molecule has 3 rings (SSSR count). The van der Waals surface area contributed by atoms with Gasteiger partial charge >= 0.3 is 17.9 Å². The predicted molar refractivity (Wildman–Crippen MR) is 106 cm³/mol. The van der Waals surface area contributed by atoms with Gasteiger partial charge in [0.05, 0.1) is 16.7 Å². The van der Waals surface area contributed by atoms with Crippen LogP contribution in [0.4, 0.5) is 0 Å². The number of carbonyl (C=O) groups is 3. The van der Waals surface area contributed by atoms with Gasteiger partial charge in [-0.1, -0.05) is 54.6 Å². The number of hydrogen-bond acceptors (Lipinski definition) is 3. The Morgan fingerprint density at radius 1 is 0.429 bits per heavy atom. The van der Waals surface area contributed by atoms with Gasteiger partial charge in [0.2, 0.25) is 0 Å². The molecular formula is C21H18CaO6. The molecule has 0 saturated heterocycles. The fourth-order valence-electron chi connectivity index (χ4n) is 1.74. The normalized spacial score (nSPS) is 8.57. The summed E-state index contributed by atoms with van der Waals surface area (Å²) in [6.07, 6.45) is 0. The van der Waals surface area contributed by atoms with E-state index in [4.69, 9.17) is 15.3 Å². The van der Waals surface area contributed by atoms with E-state index in [0.717, 1.165) is 0 Å². The second-order valence-corrected chi connectivity index (χ2v) is 5.01. The van der Waals surface area contributed by atoms with Gasteiger partial charge in [-0.2, -0.15) is 0 Å². The second kappa shape index (κ2) is 14.4. The Labute approximate surface area is 192 Å². The molecule has 0 aliphatic rings. The minimum atomic E-state index is -0.879. The smallest absolute Gasteiger partial charge is 0.335 e. The van der Waals surface area contributed by atoms with E-state index in [0.29, 0.717) is 16.7 Å². The summed E-state index contributed by atoms with van der Waals surface area (Å²) in [6, 6.07) is 24.9. The Morgan fingerprint density at radius 3 is 0.714 bits per heavy atom. The predicted octanol–water partition coefficient (Wildman–Crippen LogP) is 3.77. The van der Waals surface area contributed by atoms with E-state index in [9.17, 15) is 14.4 Å². The summed E-state index contributed by atoms with van der Waals surface area (Å²) in [5.41, 5.74) is 0.993. The number of carboxylic acids is 3. The first-order valence-electron chi connectivity index (χ1n) is 7.77. The largest absolute Gasteiger partial charge is 0.478 e. The van der Waals surface area contributed by atoms with Gasteiger partial charge < -0.3 is 15.3 Å². The molecule has 28 heavy (non-hydrogen) atoms. The number of hydrogen-bond donors (Lipinski definition) is 3. The summed E-state index contributed by atoms with van der Waals surface area (Å²) in [5.74, 6) is -2.64. The molecular weight excluding hydrogens is 388 g/mol. The van der Waals surface area contributed by atoms with Crippen LogP contribution in [0.15, 0.2) is 91.0 Å². The van der Waals surface area contributed by atoms with Crippen LogP contribution in [0.5, 0.6) is 0 Å². The fraction of sp³-hybridized carbons (Fsp3) is 0. The van der Waals surface area contributed by atoms with Gasteiger partial charge in [-0.15, -0.1) is 0 Å². The van der Waals surface area contributed by atoms with Gasteiger partial charge in [-0.3, -0.25) is 0 Å². The van der Waals surface area contributed by atoms with Crippen LogP contribution >= 0.6 is 0 Å². The minimum absolute atomic E-state index is 0. The molecule has 0 aliphatic carbocycles. The third kappa shape index (κ3) is 10.5. The molecule has 3 aromatic rings. The van der Waals surface area contributed by atoms with Crippen LogP contribution in [0.2, 0.25) is 0 Å². The molecule has 0 unspecified atom stereocenters. The number of carboxylic acid groups (broad SMARTS) is 3. The summed E-state index contributed by atoms with van der Waals surface area (Å²) < 4.78 is 0. The fourth-order valence-corrected chi connectivity index (χ4v) is 1.74. The molecule has 140 valence electrons. The van der Waals surface area contributed by atoms with E-state index in [1.807, 2.05) is 0 Å². The molecule has 3 N–H and O–H groups in total. The van der Waals surface area contributed by atoms with Gasteiger partial charge in [-0.05, 0) is 36.4 Å². The molecule has 0 aromatic heterocycles. The van der Waals surface area contributed by atoms with Gasteiger partial charge in [-0.25, -0.2) is 14.4 Å². The molecule has 0 heterocycles. The van der Waals surface area contributed by atoms with Crippen molar-refractivity contribution in [1.29, 1.82) is 0 Å². The SMILES string of the molecule is O=C(O)c1ccccc1.O=C(O)c1ccccc1.O=C(O)c1ccccc1.[Ca]. The number of aromatic carboxylic acids is 3. The first-order valence-corrected chi connectivity index (χ1v) is 7.77. The summed E-state index contributed by atoms with van der Waals surface area (Å²) >= 11 is 0. The number of rotatable bonds is 3. The summed E-state index contributed by atoms with van der Waals surface area (Å²) in [6.45, 7) is 0. The van der Waals surface area contributed by atoms with Crippen LogP contribution in [0.3, 0.4) is 0 Å². The Hall–Kier alpha value is -2.67. The van der Waals surface area contributed by atoms with Gasteiger partial charge in [0.15, 0.2) is 0 Å². The summed E-state index contributed by atoms with van der Waals surface area (Å²) in [7, 11) is 0. The van der Waals surface area contributed by atoms with Crippen molar-refractivity contribution < 1.29 is 29.7 Å². The Bertz CT molecular complexity index is 734. The van der Waals surface area contributed by atoms with Crippen molar-refractivity contribution in [2.45, 2.75) is 0 Å². The van der Waals surface area contributed by atoms with Crippen LogP contribution in [0.1, 0.15) is 31.1 Å². The molecule has 0 spiro atoms. The molecule has 0 amide bonds. The van der Waals surface area contributed by atoms with E-state index in [1.165, 1.54) is 0 Å². The van der Waals surface area contributed by atoms with Gasteiger partial charge in [0.25, 0.3) is 0 Å². The van der Waals surface area contributed by atoms with E-state index < -0.39 is 17.9 Å². The molecule has 0 aliphatic heterocycles. The molecule has 6 nitrogen and oxygen atoms in total. The van der Waals surface area contributed by atoms with E-state index in [2.05, 4.69) is 0 Å². The molecule has 3 aromatic carbocycles. The zero-order valence-corrected chi connectivity index (χ0v) is 17.1. The van der Waals surface area contributed by atoms with E-state index in [-0.39, 0.29) is 37.7 Å². The number of benzene rings is 3. The van der Waals surface area contributed by atoms with Crippen LogP contribution in [0.25, 0.3) is 0 Å². The maximum Gasteiger partial charge on any atom is 0.335 e. The van der Waals surface area contributed by atoms with E-state index >= 15 is 0 Å². The van der Waals surface area contributed by atoms with Crippen LogP contribution in [-0.4, -0.2) is 71.0 Å². The van der Waals surface area contributed by atoms with Crippen LogP contribution in [-0.2, 0) is 0 Å². The minimum Gasteiger partial charge on any atom is -0.478 e. The Balaban J connectivity index is 0.000000384. The van der Waals surface area contributed by atoms with Crippen molar-refractivity contribution in [3.05, 3.63) is 108 Å². The Morgan fingerprint density at radius 2 is 0.607 bits per heavy atom. The monoisotopic (exact) mass is 406 g/mol. The molecule has 2 radical (unpaired) electrons. The zero-order valence-electron chi connectivity index (χ0n) is 14.9. The van der Waals surface area contributed by atoms with Gasteiger partial charge in [0.1, 0.15) is 0 Å². The molecule has 0 atom stereocenters. The zero-order chi connectivity index (χ0) is 20.1. The Kier molecular flexibility index (Phi) is 13.0. The van der Waals surface area contributed by atoms with Crippen molar-refractivity contribution in [1.82, 2.24) is 0 Å². The topological polar surface area (TPSA) is 112 Å². The van der Waals surface area contributed by atoms with Crippen molar-refractivity contribution in [3.8, 4) is 0 Å². The maximum atomic E-state index is 10.2. The van der Waals surface area contributed by atoms with E-state index in [1.54, 1.807) is 91.0 Å². The average molecular weight is 406 g/mol. The third-order valence-corrected chi connectivity index (χ3v) is 3.06. The average Bonchev–Trinajstić information content (AvgIpc) is 2.71.